The standard InChI is InChI=1S/C16H14F3NOS/c1-10(22-13-6-7-14(18)15(19)8-13)16(21)20-9-11-2-4-12(17)5-3-11/h2-8,10H,9H2,1H3,(H,20,21). The first-order valence-corrected chi connectivity index (χ1v) is 7.47. The summed E-state index contributed by atoms with van der Waals surface area (Å²) in [5.74, 6) is -2.43. The summed E-state index contributed by atoms with van der Waals surface area (Å²) in [6.45, 7) is 1.95. The number of hydrogen-bond donors (Lipinski definition) is 1. The van der Waals surface area contributed by atoms with Crippen LogP contribution in [0, 0.1) is 17.5 Å². The summed E-state index contributed by atoms with van der Waals surface area (Å²) >= 11 is 1.13. The number of amides is 1. The number of thioether (sulfide) groups is 1. The van der Waals surface area contributed by atoms with Gasteiger partial charge in [-0.15, -0.1) is 11.8 Å². The van der Waals surface area contributed by atoms with Crippen molar-refractivity contribution in [3.63, 3.8) is 0 Å². The van der Waals surface area contributed by atoms with Crippen LogP contribution in [0.2, 0.25) is 0 Å². The van der Waals surface area contributed by atoms with Gasteiger partial charge in [-0.3, -0.25) is 4.79 Å². The zero-order valence-electron chi connectivity index (χ0n) is 11.8. The smallest absolute Gasteiger partial charge is 0.233 e. The molecule has 0 spiro atoms. The van der Waals surface area contributed by atoms with Crippen LogP contribution in [0.25, 0.3) is 0 Å². The molecule has 22 heavy (non-hydrogen) atoms. The molecule has 2 aromatic carbocycles. The lowest BCUT2D eigenvalue weighted by Crippen LogP contribution is -2.30. The number of nitrogens with one attached hydrogen (secondary N) is 1. The number of benzene rings is 2. The highest BCUT2D eigenvalue weighted by atomic mass is 32.2. The Morgan fingerprint density at radius 3 is 2.41 bits per heavy atom. The van der Waals surface area contributed by atoms with Gasteiger partial charge in [0, 0.05) is 11.4 Å². The van der Waals surface area contributed by atoms with E-state index < -0.39 is 16.9 Å². The zero-order valence-corrected chi connectivity index (χ0v) is 12.6. The van der Waals surface area contributed by atoms with Crippen molar-refractivity contribution in [1.82, 2.24) is 5.32 Å². The Bertz CT molecular complexity index is 661. The van der Waals surface area contributed by atoms with Gasteiger partial charge in [-0.1, -0.05) is 12.1 Å². The van der Waals surface area contributed by atoms with Gasteiger partial charge in [-0.05, 0) is 42.8 Å². The third-order valence-corrected chi connectivity index (χ3v) is 4.05. The average Bonchev–Trinajstić information content (AvgIpc) is 2.50. The Morgan fingerprint density at radius 2 is 1.77 bits per heavy atom. The molecule has 0 aliphatic rings. The highest BCUT2D eigenvalue weighted by Gasteiger charge is 2.15. The fraction of sp³-hybridized carbons (Fsp3) is 0.188. The van der Waals surface area contributed by atoms with E-state index in [2.05, 4.69) is 5.32 Å². The molecule has 1 unspecified atom stereocenters. The van der Waals surface area contributed by atoms with E-state index in [0.717, 1.165) is 29.5 Å². The maximum Gasteiger partial charge on any atom is 0.233 e. The summed E-state index contributed by atoms with van der Waals surface area (Å²) in [4.78, 5) is 12.4. The van der Waals surface area contributed by atoms with Crippen LogP contribution < -0.4 is 5.32 Å². The lowest BCUT2D eigenvalue weighted by molar-refractivity contribution is -0.120. The van der Waals surface area contributed by atoms with E-state index in [1.807, 2.05) is 0 Å². The van der Waals surface area contributed by atoms with E-state index in [1.165, 1.54) is 18.2 Å². The summed E-state index contributed by atoms with van der Waals surface area (Å²) in [6.07, 6.45) is 0. The van der Waals surface area contributed by atoms with Gasteiger partial charge in [0.15, 0.2) is 11.6 Å². The molecule has 0 aromatic heterocycles. The molecule has 0 saturated heterocycles. The van der Waals surface area contributed by atoms with Crippen LogP contribution in [-0.2, 0) is 11.3 Å². The average molecular weight is 325 g/mol. The Kier molecular flexibility index (Phi) is 5.49. The van der Waals surface area contributed by atoms with Crippen molar-refractivity contribution >= 4 is 17.7 Å². The summed E-state index contributed by atoms with van der Waals surface area (Å²) in [6, 6.07) is 9.32. The highest BCUT2D eigenvalue weighted by molar-refractivity contribution is 8.00. The molecule has 0 radical (unpaired) electrons. The molecular weight excluding hydrogens is 311 g/mol. The summed E-state index contributed by atoms with van der Waals surface area (Å²) < 4.78 is 38.7. The molecule has 0 aliphatic carbocycles. The fourth-order valence-corrected chi connectivity index (χ4v) is 2.66. The quantitative estimate of drug-likeness (QED) is 0.845. The molecule has 1 amide bonds. The number of carbonyl (C=O) groups excluding carboxylic acids is 1. The first kappa shape index (κ1) is 16.4. The summed E-state index contributed by atoms with van der Waals surface area (Å²) in [7, 11) is 0. The van der Waals surface area contributed by atoms with Crippen LogP contribution in [0.3, 0.4) is 0 Å². The molecule has 6 heteroatoms. The first-order chi connectivity index (χ1) is 10.5. The molecule has 0 bridgehead atoms. The predicted molar refractivity (Wildman–Crippen MR) is 79.9 cm³/mol. The predicted octanol–water partition coefficient (Wildman–Crippen LogP) is 3.90. The van der Waals surface area contributed by atoms with Crippen LogP contribution in [0.1, 0.15) is 12.5 Å². The van der Waals surface area contributed by atoms with Crippen molar-refractivity contribution in [2.45, 2.75) is 23.6 Å². The van der Waals surface area contributed by atoms with Crippen LogP contribution >= 0.6 is 11.8 Å². The molecule has 0 heterocycles. The zero-order chi connectivity index (χ0) is 16.1. The number of hydrogen-bond acceptors (Lipinski definition) is 2. The van der Waals surface area contributed by atoms with Gasteiger partial charge in [0.2, 0.25) is 5.91 Å². The van der Waals surface area contributed by atoms with Crippen molar-refractivity contribution in [2.75, 3.05) is 0 Å². The maximum atomic E-state index is 13.1. The van der Waals surface area contributed by atoms with Crippen LogP contribution in [0.5, 0.6) is 0 Å². The normalized spacial score (nSPS) is 12.0. The van der Waals surface area contributed by atoms with Crippen molar-refractivity contribution in [3.8, 4) is 0 Å². The van der Waals surface area contributed by atoms with E-state index in [1.54, 1.807) is 19.1 Å². The van der Waals surface area contributed by atoms with Crippen LogP contribution in [0.4, 0.5) is 13.2 Å². The molecule has 0 saturated carbocycles. The Labute approximate surface area is 130 Å². The molecule has 1 atom stereocenters. The van der Waals surface area contributed by atoms with Crippen LogP contribution in [0.15, 0.2) is 47.4 Å². The van der Waals surface area contributed by atoms with Gasteiger partial charge in [0.05, 0.1) is 5.25 Å². The van der Waals surface area contributed by atoms with Gasteiger partial charge in [0.1, 0.15) is 5.82 Å². The molecule has 0 aliphatic heterocycles. The molecular formula is C16H14F3NOS. The third-order valence-electron chi connectivity index (χ3n) is 2.95. The molecule has 0 fully saturated rings. The maximum absolute atomic E-state index is 13.1. The van der Waals surface area contributed by atoms with E-state index in [-0.39, 0.29) is 18.3 Å². The lowest BCUT2D eigenvalue weighted by atomic mass is 10.2. The van der Waals surface area contributed by atoms with Gasteiger partial charge in [0.25, 0.3) is 0 Å². The minimum Gasteiger partial charge on any atom is -0.351 e. The van der Waals surface area contributed by atoms with Gasteiger partial charge in [-0.2, -0.15) is 0 Å². The number of carbonyl (C=O) groups is 1. The minimum absolute atomic E-state index is 0.237. The Hall–Kier alpha value is -1.95. The van der Waals surface area contributed by atoms with Crippen molar-refractivity contribution < 1.29 is 18.0 Å². The number of halogens is 3. The monoisotopic (exact) mass is 325 g/mol. The largest absolute Gasteiger partial charge is 0.351 e. The van der Waals surface area contributed by atoms with Crippen molar-refractivity contribution in [1.29, 1.82) is 0 Å². The lowest BCUT2D eigenvalue weighted by Gasteiger charge is -2.12. The topological polar surface area (TPSA) is 29.1 Å². The first-order valence-electron chi connectivity index (χ1n) is 6.59. The van der Waals surface area contributed by atoms with Gasteiger partial charge >= 0.3 is 0 Å². The second kappa shape index (κ2) is 7.35. The summed E-state index contributed by atoms with van der Waals surface area (Å²) in [5.41, 5.74) is 0.778. The Morgan fingerprint density at radius 1 is 1.09 bits per heavy atom. The molecule has 2 aromatic rings. The van der Waals surface area contributed by atoms with Gasteiger partial charge in [-0.25, -0.2) is 13.2 Å². The summed E-state index contributed by atoms with van der Waals surface area (Å²) in [5, 5.41) is 2.25. The number of rotatable bonds is 5. The minimum atomic E-state index is -0.941. The molecule has 2 nitrogen and oxygen atoms in total. The molecule has 2 rings (SSSR count). The van der Waals surface area contributed by atoms with E-state index in [9.17, 15) is 18.0 Å². The SMILES string of the molecule is CC(Sc1ccc(F)c(F)c1)C(=O)NCc1ccc(F)cc1. The Balaban J connectivity index is 1.88. The highest BCUT2D eigenvalue weighted by Crippen LogP contribution is 2.24. The molecule has 1 N–H and O–H groups in total. The fourth-order valence-electron chi connectivity index (χ4n) is 1.74. The third kappa shape index (κ3) is 4.53. The van der Waals surface area contributed by atoms with E-state index >= 15 is 0 Å². The van der Waals surface area contributed by atoms with E-state index in [0.29, 0.717) is 4.90 Å². The second-order valence-electron chi connectivity index (χ2n) is 4.68. The van der Waals surface area contributed by atoms with E-state index in [4.69, 9.17) is 0 Å². The van der Waals surface area contributed by atoms with Crippen LogP contribution in [-0.4, -0.2) is 11.2 Å². The molecule has 116 valence electrons. The second-order valence-corrected chi connectivity index (χ2v) is 6.09. The van der Waals surface area contributed by atoms with Crippen molar-refractivity contribution in [3.05, 3.63) is 65.5 Å². The van der Waals surface area contributed by atoms with Crippen molar-refractivity contribution in [2.24, 2.45) is 0 Å². The van der Waals surface area contributed by atoms with Gasteiger partial charge < -0.3 is 5.32 Å².